The lowest BCUT2D eigenvalue weighted by Gasteiger charge is -2.21. The molecule has 0 saturated heterocycles. The van der Waals surface area contributed by atoms with Gasteiger partial charge in [-0.25, -0.2) is 4.79 Å². The number of carbonyl (C=O) groups excluding carboxylic acids is 2. The van der Waals surface area contributed by atoms with E-state index in [1.165, 1.54) is 0 Å². The lowest BCUT2D eigenvalue weighted by atomic mass is 9.98. The normalized spacial score (nSPS) is 13.8. The molecule has 2 atom stereocenters. The van der Waals surface area contributed by atoms with Gasteiger partial charge < -0.3 is 20.5 Å². The fraction of sp³-hybridized carbons (Fsp3) is 0.346. The quantitative estimate of drug-likeness (QED) is 0.445. The first-order valence-corrected chi connectivity index (χ1v) is 11.1. The minimum Gasteiger partial charge on any atom is -0.481 e. The van der Waals surface area contributed by atoms with Gasteiger partial charge in [0.25, 0.3) is 0 Å². The topological polar surface area (TPSA) is 105 Å². The highest BCUT2D eigenvalue weighted by atomic mass is 16.5. The van der Waals surface area contributed by atoms with E-state index in [9.17, 15) is 14.4 Å². The van der Waals surface area contributed by atoms with E-state index in [-0.39, 0.29) is 37.3 Å². The third-order valence-electron chi connectivity index (χ3n) is 5.77. The van der Waals surface area contributed by atoms with Gasteiger partial charge in [-0.15, -0.1) is 6.58 Å². The summed E-state index contributed by atoms with van der Waals surface area (Å²) in [7, 11) is 0. The molecule has 2 unspecified atom stereocenters. The Morgan fingerprint density at radius 3 is 2.24 bits per heavy atom. The second kappa shape index (κ2) is 11.3. The van der Waals surface area contributed by atoms with Crippen LogP contribution in [0.15, 0.2) is 61.2 Å². The average Bonchev–Trinajstić information content (AvgIpc) is 3.11. The van der Waals surface area contributed by atoms with Crippen molar-refractivity contribution in [3.8, 4) is 11.1 Å². The van der Waals surface area contributed by atoms with Crippen molar-refractivity contribution >= 4 is 18.0 Å². The van der Waals surface area contributed by atoms with Crippen LogP contribution in [0.2, 0.25) is 0 Å². The summed E-state index contributed by atoms with van der Waals surface area (Å²) >= 11 is 0. The first-order chi connectivity index (χ1) is 15.9. The van der Waals surface area contributed by atoms with Crippen molar-refractivity contribution < 1.29 is 24.2 Å². The second-order valence-electron chi connectivity index (χ2n) is 8.24. The summed E-state index contributed by atoms with van der Waals surface area (Å²) in [6, 6.07) is 15.1. The molecule has 1 aliphatic rings. The molecule has 33 heavy (non-hydrogen) atoms. The molecule has 174 valence electrons. The van der Waals surface area contributed by atoms with Gasteiger partial charge in [0, 0.05) is 18.4 Å². The molecule has 0 saturated carbocycles. The van der Waals surface area contributed by atoms with Crippen LogP contribution in [0.3, 0.4) is 0 Å². The minimum absolute atomic E-state index is 0.0499. The molecule has 0 spiro atoms. The van der Waals surface area contributed by atoms with E-state index in [1.54, 1.807) is 13.0 Å². The Morgan fingerprint density at radius 2 is 1.67 bits per heavy atom. The largest absolute Gasteiger partial charge is 0.481 e. The smallest absolute Gasteiger partial charge is 0.407 e. The molecular formula is C26H30N2O5. The predicted molar refractivity (Wildman–Crippen MR) is 126 cm³/mol. The number of carboxylic acid groups (broad SMARTS) is 1. The summed E-state index contributed by atoms with van der Waals surface area (Å²) in [6.07, 6.45) is 2.18. The van der Waals surface area contributed by atoms with Crippen molar-refractivity contribution in [2.24, 2.45) is 0 Å². The van der Waals surface area contributed by atoms with Crippen LogP contribution in [-0.2, 0) is 14.3 Å². The number of aliphatic carboxylic acids is 1. The molecule has 7 nitrogen and oxygen atoms in total. The molecule has 1 aliphatic carbocycles. The molecule has 3 N–H and O–H groups in total. The van der Waals surface area contributed by atoms with Crippen molar-refractivity contribution in [2.45, 2.75) is 50.6 Å². The first kappa shape index (κ1) is 24.0. The van der Waals surface area contributed by atoms with Crippen molar-refractivity contribution in [3.63, 3.8) is 0 Å². The number of hydrogen-bond donors (Lipinski definition) is 3. The van der Waals surface area contributed by atoms with Gasteiger partial charge in [0.15, 0.2) is 0 Å². The van der Waals surface area contributed by atoms with E-state index >= 15 is 0 Å². The zero-order valence-corrected chi connectivity index (χ0v) is 18.8. The van der Waals surface area contributed by atoms with Gasteiger partial charge in [-0.05, 0) is 48.4 Å². The molecule has 7 heteroatoms. The summed E-state index contributed by atoms with van der Waals surface area (Å²) in [5.74, 6) is -1.29. The molecule has 3 rings (SSSR count). The van der Waals surface area contributed by atoms with Gasteiger partial charge >= 0.3 is 12.1 Å². The summed E-state index contributed by atoms with van der Waals surface area (Å²) in [6.45, 7) is 5.62. The standard InChI is InChI=1S/C26H30N2O5/c1-3-9-23(25(31)27-17(2)10-8-15-24(29)30)28-26(32)33-16-22-20-13-6-4-11-18(20)19-12-5-7-14-21(19)22/h3-7,11-14,17,22-23H,1,8-10,15-16H2,2H3,(H,27,31)(H,28,32)(H,29,30). The van der Waals surface area contributed by atoms with Crippen LogP contribution in [0.4, 0.5) is 4.79 Å². The van der Waals surface area contributed by atoms with Crippen LogP contribution in [0, 0.1) is 0 Å². The Balaban J connectivity index is 1.56. The van der Waals surface area contributed by atoms with E-state index in [0.717, 1.165) is 22.3 Å². The third kappa shape index (κ3) is 6.22. The average molecular weight is 451 g/mol. The summed E-state index contributed by atoms with van der Waals surface area (Å²) < 4.78 is 5.53. The fourth-order valence-corrected chi connectivity index (χ4v) is 4.16. The van der Waals surface area contributed by atoms with Crippen molar-refractivity contribution in [1.82, 2.24) is 10.6 Å². The summed E-state index contributed by atoms with van der Waals surface area (Å²) in [5.41, 5.74) is 4.51. The Kier molecular flexibility index (Phi) is 8.24. The molecule has 0 fully saturated rings. The SMILES string of the molecule is C=CCC(NC(=O)OCC1c2ccccc2-c2ccccc21)C(=O)NC(C)CCCC(=O)O. The van der Waals surface area contributed by atoms with Gasteiger partial charge in [0.2, 0.25) is 5.91 Å². The highest BCUT2D eigenvalue weighted by molar-refractivity contribution is 5.86. The number of nitrogens with one attached hydrogen (secondary N) is 2. The van der Waals surface area contributed by atoms with Crippen LogP contribution in [-0.4, -0.2) is 41.8 Å². The molecular weight excluding hydrogens is 420 g/mol. The number of amides is 2. The maximum absolute atomic E-state index is 12.6. The monoisotopic (exact) mass is 450 g/mol. The van der Waals surface area contributed by atoms with E-state index in [1.807, 2.05) is 36.4 Å². The van der Waals surface area contributed by atoms with Gasteiger partial charge in [-0.1, -0.05) is 54.6 Å². The van der Waals surface area contributed by atoms with Crippen LogP contribution in [0.1, 0.15) is 49.7 Å². The van der Waals surface area contributed by atoms with Crippen LogP contribution in [0.5, 0.6) is 0 Å². The van der Waals surface area contributed by atoms with E-state index in [2.05, 4.69) is 29.3 Å². The Labute approximate surface area is 193 Å². The number of alkyl carbamates (subject to hydrolysis) is 1. The molecule has 2 aromatic carbocycles. The van der Waals surface area contributed by atoms with Gasteiger partial charge in [-0.2, -0.15) is 0 Å². The molecule has 0 bridgehead atoms. The first-order valence-electron chi connectivity index (χ1n) is 11.1. The van der Waals surface area contributed by atoms with E-state index in [0.29, 0.717) is 12.8 Å². The molecule has 0 aliphatic heterocycles. The fourth-order valence-electron chi connectivity index (χ4n) is 4.16. The zero-order valence-electron chi connectivity index (χ0n) is 18.8. The highest BCUT2D eigenvalue weighted by Gasteiger charge is 2.29. The number of benzene rings is 2. The molecule has 0 radical (unpaired) electrons. The van der Waals surface area contributed by atoms with Crippen LogP contribution in [0.25, 0.3) is 11.1 Å². The van der Waals surface area contributed by atoms with Crippen molar-refractivity contribution in [3.05, 3.63) is 72.3 Å². The van der Waals surface area contributed by atoms with Gasteiger partial charge in [0.1, 0.15) is 12.6 Å². The van der Waals surface area contributed by atoms with Crippen LogP contribution < -0.4 is 10.6 Å². The Morgan fingerprint density at radius 1 is 1.06 bits per heavy atom. The Bertz CT molecular complexity index is 974. The molecule has 2 amide bonds. The number of fused-ring (bicyclic) bond motifs is 3. The molecule has 0 aromatic heterocycles. The van der Waals surface area contributed by atoms with Gasteiger partial charge in [0.05, 0.1) is 0 Å². The number of rotatable bonds is 11. The van der Waals surface area contributed by atoms with E-state index in [4.69, 9.17) is 9.84 Å². The molecule has 0 heterocycles. The van der Waals surface area contributed by atoms with Crippen molar-refractivity contribution in [1.29, 1.82) is 0 Å². The second-order valence-corrected chi connectivity index (χ2v) is 8.24. The van der Waals surface area contributed by atoms with Gasteiger partial charge in [-0.3, -0.25) is 9.59 Å². The number of hydrogen-bond acceptors (Lipinski definition) is 4. The number of ether oxygens (including phenoxy) is 1. The molecule has 2 aromatic rings. The minimum atomic E-state index is -0.866. The van der Waals surface area contributed by atoms with Crippen LogP contribution >= 0.6 is 0 Å². The maximum atomic E-state index is 12.6. The van der Waals surface area contributed by atoms with Crippen molar-refractivity contribution in [2.75, 3.05) is 6.61 Å². The Hall–Kier alpha value is -3.61. The summed E-state index contributed by atoms with van der Waals surface area (Å²) in [4.78, 5) is 35.8. The lowest BCUT2D eigenvalue weighted by molar-refractivity contribution is -0.137. The number of carboxylic acids is 1. The van der Waals surface area contributed by atoms with E-state index < -0.39 is 18.1 Å². The lowest BCUT2D eigenvalue weighted by Crippen LogP contribution is -2.49. The zero-order chi connectivity index (χ0) is 23.8. The maximum Gasteiger partial charge on any atom is 0.407 e. The predicted octanol–water partition coefficient (Wildman–Crippen LogP) is 4.23. The third-order valence-corrected chi connectivity index (χ3v) is 5.77. The highest BCUT2D eigenvalue weighted by Crippen LogP contribution is 2.44. The summed E-state index contributed by atoms with van der Waals surface area (Å²) in [5, 5.41) is 14.2. The number of carbonyl (C=O) groups is 3.